The number of methoxy groups -OCH3 is 1. The summed E-state index contributed by atoms with van der Waals surface area (Å²) in [6, 6.07) is 3.96. The maximum absolute atomic E-state index is 12.6. The number of nitrogens with zero attached hydrogens (tertiary/aromatic N) is 1. The van der Waals surface area contributed by atoms with Gasteiger partial charge in [-0.2, -0.15) is 0 Å². The molecule has 1 fully saturated rings. The minimum Gasteiger partial charge on any atom is -0.465 e. The number of carbonyl (C=O) groups excluding carboxylic acids is 1. The molecule has 0 bridgehead atoms. The first-order chi connectivity index (χ1) is 11.4. The molecule has 1 heterocycles. The monoisotopic (exact) mass is 410 g/mol. The molecule has 1 saturated heterocycles. The number of carbonyl (C=O) groups is 1. The molecule has 1 aromatic carbocycles. The molecule has 0 saturated carbocycles. The van der Waals surface area contributed by atoms with Crippen LogP contribution in [-0.4, -0.2) is 52.1 Å². The number of hydrogen-bond acceptors (Lipinski definition) is 5. The second kappa shape index (κ2) is 9.73. The van der Waals surface area contributed by atoms with E-state index in [4.69, 9.17) is 11.6 Å². The van der Waals surface area contributed by atoms with Gasteiger partial charge in [0, 0.05) is 6.04 Å². The first-order valence-electron chi connectivity index (χ1n) is 8.00. The lowest BCUT2D eigenvalue weighted by molar-refractivity contribution is 0.0600. The average Bonchev–Trinajstić information content (AvgIpc) is 2.56. The van der Waals surface area contributed by atoms with Crippen LogP contribution >= 0.6 is 24.0 Å². The molecule has 0 aromatic heterocycles. The molecule has 1 aliphatic rings. The van der Waals surface area contributed by atoms with Gasteiger partial charge in [0.25, 0.3) is 0 Å². The van der Waals surface area contributed by atoms with E-state index < -0.39 is 16.0 Å². The fourth-order valence-electron chi connectivity index (χ4n) is 2.83. The third-order valence-corrected chi connectivity index (χ3v) is 6.09. The van der Waals surface area contributed by atoms with Gasteiger partial charge in [-0.1, -0.05) is 18.5 Å². The van der Waals surface area contributed by atoms with E-state index >= 15 is 0 Å². The highest BCUT2D eigenvalue weighted by Gasteiger charge is 2.26. The van der Waals surface area contributed by atoms with Gasteiger partial charge in [-0.25, -0.2) is 17.9 Å². The summed E-state index contributed by atoms with van der Waals surface area (Å²) in [6.45, 7) is 4.91. The predicted molar refractivity (Wildman–Crippen MR) is 100 cm³/mol. The van der Waals surface area contributed by atoms with Crippen molar-refractivity contribution in [3.63, 3.8) is 0 Å². The molecule has 0 radical (unpaired) electrons. The molecule has 1 N–H and O–H groups in total. The Morgan fingerprint density at radius 3 is 2.56 bits per heavy atom. The van der Waals surface area contributed by atoms with E-state index in [1.807, 2.05) is 0 Å². The van der Waals surface area contributed by atoms with Crippen molar-refractivity contribution >= 4 is 40.0 Å². The Hall–Kier alpha value is -0.860. The summed E-state index contributed by atoms with van der Waals surface area (Å²) in [4.78, 5) is 13.8. The molecule has 0 atom stereocenters. The van der Waals surface area contributed by atoms with Gasteiger partial charge in [0.15, 0.2) is 0 Å². The topological polar surface area (TPSA) is 75.7 Å². The van der Waals surface area contributed by atoms with Crippen LogP contribution in [0.1, 0.15) is 36.5 Å². The minimum absolute atomic E-state index is 0. The van der Waals surface area contributed by atoms with Gasteiger partial charge in [0.1, 0.15) is 4.90 Å². The number of esters is 1. The molecule has 25 heavy (non-hydrogen) atoms. The van der Waals surface area contributed by atoms with E-state index in [1.54, 1.807) is 0 Å². The molecule has 142 valence electrons. The van der Waals surface area contributed by atoms with Crippen LogP contribution in [0.15, 0.2) is 23.1 Å². The van der Waals surface area contributed by atoms with E-state index in [1.165, 1.54) is 25.3 Å². The Bertz CT molecular complexity index is 689. The van der Waals surface area contributed by atoms with Gasteiger partial charge in [-0.05, 0) is 57.1 Å². The highest BCUT2D eigenvalue weighted by Crippen LogP contribution is 2.24. The van der Waals surface area contributed by atoms with Crippen molar-refractivity contribution in [2.24, 2.45) is 0 Å². The van der Waals surface area contributed by atoms with E-state index in [0.29, 0.717) is 0 Å². The number of rotatable bonds is 6. The summed E-state index contributed by atoms with van der Waals surface area (Å²) in [5.74, 6) is -0.601. The Morgan fingerprint density at radius 1 is 1.36 bits per heavy atom. The van der Waals surface area contributed by atoms with Gasteiger partial charge in [-0.15, -0.1) is 12.4 Å². The summed E-state index contributed by atoms with van der Waals surface area (Å²) in [6.07, 6.45) is 2.60. The fraction of sp³-hybridized carbons (Fsp3) is 0.562. The van der Waals surface area contributed by atoms with Crippen LogP contribution in [0.5, 0.6) is 0 Å². The highest BCUT2D eigenvalue weighted by molar-refractivity contribution is 7.89. The van der Waals surface area contributed by atoms with Crippen LogP contribution in [0.2, 0.25) is 5.02 Å². The first kappa shape index (κ1) is 22.2. The number of ether oxygens (including phenoxy) is 1. The van der Waals surface area contributed by atoms with Gasteiger partial charge >= 0.3 is 5.97 Å². The summed E-state index contributed by atoms with van der Waals surface area (Å²) in [7, 11) is -2.55. The second-order valence-corrected chi connectivity index (χ2v) is 7.96. The van der Waals surface area contributed by atoms with Crippen molar-refractivity contribution in [1.82, 2.24) is 9.62 Å². The van der Waals surface area contributed by atoms with Gasteiger partial charge < -0.3 is 9.64 Å². The third kappa shape index (κ3) is 5.82. The van der Waals surface area contributed by atoms with Crippen molar-refractivity contribution in [2.45, 2.75) is 37.1 Å². The lowest BCUT2D eigenvalue weighted by Crippen LogP contribution is -2.44. The number of piperidine rings is 1. The van der Waals surface area contributed by atoms with Crippen molar-refractivity contribution < 1.29 is 17.9 Å². The molecule has 9 heteroatoms. The molecule has 0 spiro atoms. The molecule has 6 nitrogen and oxygen atoms in total. The summed E-state index contributed by atoms with van der Waals surface area (Å²) in [5, 5.41) is 0.0820. The van der Waals surface area contributed by atoms with E-state index in [2.05, 4.69) is 21.3 Å². The number of likely N-dealkylation sites (tertiary alicyclic amines) is 1. The first-order valence-corrected chi connectivity index (χ1v) is 9.86. The average molecular weight is 411 g/mol. The van der Waals surface area contributed by atoms with Gasteiger partial charge in [-0.3, -0.25) is 0 Å². The molecule has 0 amide bonds. The second-order valence-electron chi connectivity index (χ2n) is 5.87. The molecule has 0 aliphatic carbocycles. The lowest BCUT2D eigenvalue weighted by atomic mass is 10.1. The standard InChI is InChI=1S/C16H23ClN2O4S.ClH/c1-3-8-19-9-6-13(7-10-19)18-24(21,22)15-11-12(16(20)23-2)4-5-14(15)17;/h4-5,11,13,18H,3,6-10H2,1-2H3;1H. The van der Waals surface area contributed by atoms with Crippen LogP contribution in [0.25, 0.3) is 0 Å². The summed E-state index contributed by atoms with van der Waals surface area (Å²) < 4.78 is 32.6. The Balaban J connectivity index is 0.00000312. The van der Waals surface area contributed by atoms with Crippen molar-refractivity contribution in [1.29, 1.82) is 0 Å². The quantitative estimate of drug-likeness (QED) is 0.729. The number of benzene rings is 1. The summed E-state index contributed by atoms with van der Waals surface area (Å²) >= 11 is 6.03. The van der Waals surface area contributed by atoms with E-state index in [-0.39, 0.29) is 33.9 Å². The van der Waals surface area contributed by atoms with Crippen molar-refractivity contribution in [3.05, 3.63) is 28.8 Å². The summed E-state index contributed by atoms with van der Waals surface area (Å²) in [5.41, 5.74) is 0.153. The molecular weight excluding hydrogens is 387 g/mol. The van der Waals surface area contributed by atoms with Crippen LogP contribution in [0, 0.1) is 0 Å². The zero-order valence-electron chi connectivity index (χ0n) is 14.3. The number of nitrogens with one attached hydrogen (secondary N) is 1. The maximum Gasteiger partial charge on any atom is 0.337 e. The third-order valence-electron chi connectivity index (χ3n) is 4.09. The number of sulfonamides is 1. The lowest BCUT2D eigenvalue weighted by Gasteiger charge is -2.31. The van der Waals surface area contributed by atoms with Crippen LogP contribution in [-0.2, 0) is 14.8 Å². The molecule has 1 aliphatic heterocycles. The Kier molecular flexibility index (Phi) is 8.63. The number of halogens is 2. The highest BCUT2D eigenvalue weighted by atomic mass is 35.5. The normalized spacial score (nSPS) is 16.3. The predicted octanol–water partition coefficient (Wildman–Crippen LogP) is 2.70. The smallest absolute Gasteiger partial charge is 0.337 e. The van der Waals surface area contributed by atoms with Crippen molar-refractivity contribution in [3.8, 4) is 0 Å². The van der Waals surface area contributed by atoms with Crippen LogP contribution in [0.4, 0.5) is 0 Å². The zero-order valence-corrected chi connectivity index (χ0v) is 16.7. The molecule has 1 aromatic rings. The van der Waals surface area contributed by atoms with Gasteiger partial charge in [0.2, 0.25) is 10.0 Å². The van der Waals surface area contributed by atoms with E-state index in [0.717, 1.165) is 38.9 Å². The van der Waals surface area contributed by atoms with Crippen LogP contribution in [0.3, 0.4) is 0 Å². The van der Waals surface area contributed by atoms with Crippen molar-refractivity contribution in [2.75, 3.05) is 26.7 Å². The molecule has 0 unspecified atom stereocenters. The van der Waals surface area contributed by atoms with Crippen LogP contribution < -0.4 is 4.72 Å². The maximum atomic E-state index is 12.6. The molecular formula is C16H24Cl2N2O4S. The van der Waals surface area contributed by atoms with E-state index in [9.17, 15) is 13.2 Å². The largest absolute Gasteiger partial charge is 0.465 e. The fourth-order valence-corrected chi connectivity index (χ4v) is 4.66. The zero-order chi connectivity index (χ0) is 17.7. The minimum atomic E-state index is -3.79. The SMILES string of the molecule is CCCN1CCC(NS(=O)(=O)c2cc(C(=O)OC)ccc2Cl)CC1.Cl. The van der Waals surface area contributed by atoms with Gasteiger partial charge in [0.05, 0.1) is 17.7 Å². The Morgan fingerprint density at radius 2 is 2.00 bits per heavy atom. The Labute approximate surface area is 160 Å². The molecule has 2 rings (SSSR count). The number of hydrogen-bond donors (Lipinski definition) is 1.